The van der Waals surface area contributed by atoms with Gasteiger partial charge in [0.25, 0.3) is 5.56 Å². The third kappa shape index (κ3) is 4.21. The lowest BCUT2D eigenvalue weighted by molar-refractivity contribution is 0.262. The minimum absolute atomic E-state index is 0.121. The summed E-state index contributed by atoms with van der Waals surface area (Å²) in [5.74, 6) is -1.76. The lowest BCUT2D eigenvalue weighted by atomic mass is 10.1. The molecule has 0 unspecified atom stereocenters. The highest BCUT2D eigenvalue weighted by Crippen LogP contribution is 2.19. The number of halogens is 2. The molecule has 0 aliphatic rings. The lowest BCUT2D eigenvalue weighted by Crippen LogP contribution is -2.24. The minimum atomic E-state index is -0.920. The van der Waals surface area contributed by atoms with Gasteiger partial charge >= 0.3 is 6.03 Å². The summed E-state index contributed by atoms with van der Waals surface area (Å²) in [6.45, 7) is 1.83. The van der Waals surface area contributed by atoms with Crippen molar-refractivity contribution in [1.82, 2.24) is 9.97 Å². The molecule has 0 spiro atoms. The van der Waals surface area contributed by atoms with Gasteiger partial charge in [-0.15, -0.1) is 0 Å². The number of carbonyl (C=O) groups excluding carboxylic acids is 1. The van der Waals surface area contributed by atoms with Gasteiger partial charge in [-0.3, -0.25) is 10.1 Å². The third-order valence-corrected chi connectivity index (χ3v) is 4.03. The second-order valence-electron chi connectivity index (χ2n) is 6.03. The van der Waals surface area contributed by atoms with Gasteiger partial charge in [0.2, 0.25) is 5.95 Å². The SMILES string of the molecule is Cc1cc(NC(=O)Nc2nc(=O)c(-c3ccc(CN)cc3)c[nH]2)c(F)cc1F. The largest absolute Gasteiger partial charge is 0.331 e. The summed E-state index contributed by atoms with van der Waals surface area (Å²) in [5, 5.41) is 4.54. The van der Waals surface area contributed by atoms with Crippen molar-refractivity contribution in [3.8, 4) is 11.1 Å². The van der Waals surface area contributed by atoms with Crippen molar-refractivity contribution in [2.24, 2.45) is 5.73 Å². The highest BCUT2D eigenvalue weighted by Gasteiger charge is 2.12. The molecule has 144 valence electrons. The number of rotatable bonds is 4. The van der Waals surface area contributed by atoms with Gasteiger partial charge in [0.15, 0.2) is 0 Å². The van der Waals surface area contributed by atoms with E-state index in [0.29, 0.717) is 23.7 Å². The number of carbonyl (C=O) groups is 1. The fourth-order valence-electron chi connectivity index (χ4n) is 2.50. The van der Waals surface area contributed by atoms with E-state index in [0.717, 1.165) is 11.6 Å². The average molecular weight is 385 g/mol. The van der Waals surface area contributed by atoms with Crippen molar-refractivity contribution in [3.63, 3.8) is 0 Å². The Morgan fingerprint density at radius 2 is 1.86 bits per heavy atom. The maximum atomic E-state index is 13.7. The molecule has 1 aromatic heterocycles. The van der Waals surface area contributed by atoms with Gasteiger partial charge in [0.05, 0.1) is 11.3 Å². The molecule has 0 saturated carbocycles. The van der Waals surface area contributed by atoms with Crippen LogP contribution in [0.4, 0.5) is 25.2 Å². The summed E-state index contributed by atoms with van der Waals surface area (Å²) >= 11 is 0. The van der Waals surface area contributed by atoms with Crippen molar-refractivity contribution in [2.45, 2.75) is 13.5 Å². The summed E-state index contributed by atoms with van der Waals surface area (Å²) in [4.78, 5) is 30.7. The van der Waals surface area contributed by atoms with Crippen LogP contribution in [0, 0.1) is 18.6 Å². The highest BCUT2D eigenvalue weighted by atomic mass is 19.1. The molecule has 5 N–H and O–H groups in total. The normalized spacial score (nSPS) is 10.6. The van der Waals surface area contributed by atoms with Crippen LogP contribution >= 0.6 is 0 Å². The summed E-state index contributed by atoms with van der Waals surface area (Å²) in [5.41, 5.74) is 6.85. The quantitative estimate of drug-likeness (QED) is 0.553. The molecule has 3 aromatic rings. The van der Waals surface area contributed by atoms with Crippen LogP contribution in [-0.4, -0.2) is 16.0 Å². The van der Waals surface area contributed by atoms with E-state index < -0.39 is 23.2 Å². The van der Waals surface area contributed by atoms with E-state index in [9.17, 15) is 18.4 Å². The predicted octanol–water partition coefficient (Wildman–Crippen LogP) is 3.13. The van der Waals surface area contributed by atoms with E-state index in [2.05, 4.69) is 20.6 Å². The van der Waals surface area contributed by atoms with Crippen LogP contribution in [0.25, 0.3) is 11.1 Å². The number of hydrogen-bond acceptors (Lipinski definition) is 4. The van der Waals surface area contributed by atoms with Gasteiger partial charge in [-0.25, -0.2) is 13.6 Å². The van der Waals surface area contributed by atoms with E-state index in [1.54, 1.807) is 24.3 Å². The molecule has 0 aliphatic heterocycles. The molecule has 3 rings (SSSR count). The monoisotopic (exact) mass is 385 g/mol. The number of hydrogen-bond donors (Lipinski definition) is 4. The molecule has 0 atom stereocenters. The smallest absolute Gasteiger partial charge is 0.326 e. The number of nitrogens with two attached hydrogens (primary N) is 1. The molecule has 0 fully saturated rings. The van der Waals surface area contributed by atoms with Gasteiger partial charge in [-0.05, 0) is 29.7 Å². The summed E-state index contributed by atoms with van der Waals surface area (Å²) < 4.78 is 27.0. The van der Waals surface area contributed by atoms with Crippen LogP contribution in [0.1, 0.15) is 11.1 Å². The minimum Gasteiger partial charge on any atom is -0.331 e. The molecule has 7 nitrogen and oxygen atoms in total. The number of urea groups is 1. The second kappa shape index (κ2) is 7.97. The van der Waals surface area contributed by atoms with Crippen molar-refractivity contribution < 1.29 is 13.6 Å². The number of aromatic amines is 1. The number of anilines is 2. The Bertz CT molecular complexity index is 1080. The van der Waals surface area contributed by atoms with Crippen molar-refractivity contribution >= 4 is 17.7 Å². The van der Waals surface area contributed by atoms with Gasteiger partial charge in [-0.1, -0.05) is 24.3 Å². The van der Waals surface area contributed by atoms with Crippen LogP contribution in [0.5, 0.6) is 0 Å². The van der Waals surface area contributed by atoms with E-state index in [-0.39, 0.29) is 17.2 Å². The van der Waals surface area contributed by atoms with Crippen molar-refractivity contribution in [2.75, 3.05) is 10.6 Å². The first-order valence-electron chi connectivity index (χ1n) is 8.30. The van der Waals surface area contributed by atoms with Crippen molar-refractivity contribution in [1.29, 1.82) is 0 Å². The van der Waals surface area contributed by atoms with E-state index >= 15 is 0 Å². The number of H-pyrrole nitrogens is 1. The number of benzene rings is 2. The zero-order valence-electron chi connectivity index (χ0n) is 14.8. The maximum absolute atomic E-state index is 13.7. The van der Waals surface area contributed by atoms with E-state index in [4.69, 9.17) is 5.73 Å². The first-order chi connectivity index (χ1) is 13.4. The predicted molar refractivity (Wildman–Crippen MR) is 102 cm³/mol. The first kappa shape index (κ1) is 19.2. The Morgan fingerprint density at radius 3 is 2.50 bits per heavy atom. The molecule has 9 heteroatoms. The van der Waals surface area contributed by atoms with Gasteiger partial charge in [-0.2, -0.15) is 4.98 Å². The Morgan fingerprint density at radius 1 is 1.14 bits per heavy atom. The Balaban J connectivity index is 1.74. The lowest BCUT2D eigenvalue weighted by Gasteiger charge is -2.09. The van der Waals surface area contributed by atoms with Crippen LogP contribution in [-0.2, 0) is 6.54 Å². The third-order valence-electron chi connectivity index (χ3n) is 4.03. The number of aryl methyl sites for hydroxylation is 1. The fraction of sp³-hybridized carbons (Fsp3) is 0.105. The second-order valence-corrected chi connectivity index (χ2v) is 6.03. The Hall–Kier alpha value is -3.59. The Labute approximate surface area is 158 Å². The molecular weight excluding hydrogens is 368 g/mol. The first-order valence-corrected chi connectivity index (χ1v) is 8.30. The molecule has 0 radical (unpaired) electrons. The number of aromatic nitrogens is 2. The van der Waals surface area contributed by atoms with Crippen LogP contribution < -0.4 is 21.9 Å². The Kier molecular flexibility index (Phi) is 5.46. The average Bonchev–Trinajstić information content (AvgIpc) is 2.66. The zero-order valence-corrected chi connectivity index (χ0v) is 14.8. The number of amides is 2. The molecule has 2 amide bonds. The van der Waals surface area contributed by atoms with Crippen LogP contribution in [0.3, 0.4) is 0 Å². The number of nitrogens with one attached hydrogen (secondary N) is 3. The molecule has 28 heavy (non-hydrogen) atoms. The van der Waals surface area contributed by atoms with E-state index in [1.807, 2.05) is 0 Å². The van der Waals surface area contributed by atoms with Gasteiger partial charge in [0.1, 0.15) is 11.6 Å². The topological polar surface area (TPSA) is 113 Å². The highest BCUT2D eigenvalue weighted by molar-refractivity contribution is 5.98. The molecular formula is C19H17F2N5O2. The molecule has 0 aliphatic carbocycles. The van der Waals surface area contributed by atoms with E-state index in [1.165, 1.54) is 13.1 Å². The van der Waals surface area contributed by atoms with Gasteiger partial charge in [0, 0.05) is 18.8 Å². The fourth-order valence-corrected chi connectivity index (χ4v) is 2.50. The number of nitrogens with zero attached hydrogens (tertiary/aromatic N) is 1. The zero-order chi connectivity index (χ0) is 20.3. The van der Waals surface area contributed by atoms with Crippen LogP contribution in [0.2, 0.25) is 0 Å². The summed E-state index contributed by atoms with van der Waals surface area (Å²) in [6.07, 6.45) is 1.41. The summed E-state index contributed by atoms with van der Waals surface area (Å²) in [7, 11) is 0. The maximum Gasteiger partial charge on any atom is 0.326 e. The van der Waals surface area contributed by atoms with Gasteiger partial charge < -0.3 is 16.0 Å². The van der Waals surface area contributed by atoms with Crippen LogP contribution in [0.15, 0.2) is 47.4 Å². The van der Waals surface area contributed by atoms with Crippen molar-refractivity contribution in [3.05, 3.63) is 75.7 Å². The molecule has 0 saturated heterocycles. The molecule has 1 heterocycles. The standard InChI is InChI=1S/C19H17F2N5O2/c1-10-6-16(15(21)7-14(10)20)24-19(28)26-18-23-9-13(17(27)25-18)12-4-2-11(8-22)3-5-12/h2-7,9H,8,22H2,1H3,(H3,23,24,25,26,27,28). The molecule has 0 bridgehead atoms. The summed E-state index contributed by atoms with van der Waals surface area (Å²) in [6, 6.07) is 8.08. The molecule has 2 aromatic carbocycles.